The molecule has 4 heteroatoms. The Morgan fingerprint density at radius 2 is 2.56 bits per heavy atom. The summed E-state index contributed by atoms with van der Waals surface area (Å²) in [6.45, 7) is 1.73. The van der Waals surface area contributed by atoms with Crippen molar-refractivity contribution in [2.75, 3.05) is 0 Å². The zero-order valence-corrected chi connectivity index (χ0v) is 5.60. The lowest BCUT2D eigenvalue weighted by Crippen LogP contribution is -1.97. The second-order valence-electron chi connectivity index (χ2n) is 1.65. The molecule has 9 heavy (non-hydrogen) atoms. The van der Waals surface area contributed by atoms with Gasteiger partial charge < -0.3 is 5.11 Å². The first-order valence-corrected chi connectivity index (χ1v) is 3.19. The number of carbonyl (C=O) groups is 1. The molecule has 0 amide bonds. The van der Waals surface area contributed by atoms with Crippen LogP contribution in [0.25, 0.3) is 0 Å². The van der Waals surface area contributed by atoms with Gasteiger partial charge in [0.25, 0.3) is 0 Å². The molecule has 1 aromatic heterocycles. The van der Waals surface area contributed by atoms with E-state index in [0.29, 0.717) is 0 Å². The Morgan fingerprint density at radius 1 is 1.89 bits per heavy atom. The van der Waals surface area contributed by atoms with Crippen LogP contribution in [0, 0.1) is 6.92 Å². The fourth-order valence-corrected chi connectivity index (χ4v) is 1.14. The molecule has 0 fully saturated rings. The number of carboxylic acid groups (broad SMARTS) is 1. The molecule has 0 radical (unpaired) electrons. The summed E-state index contributed by atoms with van der Waals surface area (Å²) in [5.41, 5.74) is 0.896. The van der Waals surface area contributed by atoms with Crippen LogP contribution in [0.5, 0.6) is 0 Å². The van der Waals surface area contributed by atoms with Crippen molar-refractivity contribution in [1.29, 1.82) is 0 Å². The highest BCUT2D eigenvalue weighted by Crippen LogP contribution is 2.07. The SMILES string of the molecule is Cc1csnc1C(=O)O. The van der Waals surface area contributed by atoms with Gasteiger partial charge >= 0.3 is 5.97 Å². The van der Waals surface area contributed by atoms with E-state index in [1.165, 1.54) is 0 Å². The van der Waals surface area contributed by atoms with E-state index in [9.17, 15) is 4.79 Å². The predicted octanol–water partition coefficient (Wildman–Crippen LogP) is 1.15. The third-order valence-electron chi connectivity index (χ3n) is 0.950. The minimum atomic E-state index is -0.950. The summed E-state index contributed by atoms with van der Waals surface area (Å²) in [5, 5.41) is 10.1. The van der Waals surface area contributed by atoms with Crippen LogP contribution in [0.4, 0.5) is 0 Å². The average molecular weight is 143 g/mol. The maximum absolute atomic E-state index is 10.2. The van der Waals surface area contributed by atoms with Crippen molar-refractivity contribution in [3.8, 4) is 0 Å². The molecule has 0 aliphatic carbocycles. The third-order valence-corrected chi connectivity index (χ3v) is 1.70. The van der Waals surface area contributed by atoms with Crippen LogP contribution in [-0.2, 0) is 0 Å². The number of carboxylic acids is 1. The van der Waals surface area contributed by atoms with Gasteiger partial charge in [-0.2, -0.15) is 4.37 Å². The monoisotopic (exact) mass is 143 g/mol. The van der Waals surface area contributed by atoms with E-state index in [-0.39, 0.29) is 5.69 Å². The van der Waals surface area contributed by atoms with Crippen LogP contribution in [0.1, 0.15) is 16.1 Å². The first-order chi connectivity index (χ1) is 4.22. The van der Waals surface area contributed by atoms with Gasteiger partial charge in [-0.3, -0.25) is 0 Å². The number of hydrogen-bond donors (Lipinski definition) is 1. The first-order valence-electron chi connectivity index (χ1n) is 2.36. The molecule has 48 valence electrons. The summed E-state index contributed by atoms with van der Waals surface area (Å²) in [6, 6.07) is 0. The fourth-order valence-electron chi connectivity index (χ4n) is 0.494. The summed E-state index contributed by atoms with van der Waals surface area (Å²) in [5.74, 6) is -0.950. The largest absolute Gasteiger partial charge is 0.476 e. The van der Waals surface area contributed by atoms with Crippen LogP contribution in [-0.4, -0.2) is 15.4 Å². The molecule has 0 atom stereocenters. The predicted molar refractivity (Wildman–Crippen MR) is 33.8 cm³/mol. The molecule has 3 nitrogen and oxygen atoms in total. The Hall–Kier alpha value is -0.900. The maximum Gasteiger partial charge on any atom is 0.355 e. The zero-order chi connectivity index (χ0) is 6.85. The minimum absolute atomic E-state index is 0.167. The van der Waals surface area contributed by atoms with Crippen molar-refractivity contribution < 1.29 is 9.90 Å². The van der Waals surface area contributed by atoms with Gasteiger partial charge in [0.2, 0.25) is 0 Å². The topological polar surface area (TPSA) is 50.2 Å². The molecule has 0 saturated carbocycles. The minimum Gasteiger partial charge on any atom is -0.476 e. The van der Waals surface area contributed by atoms with Crippen LogP contribution in [0.3, 0.4) is 0 Å². The van der Waals surface area contributed by atoms with Gasteiger partial charge in [-0.05, 0) is 24.0 Å². The van der Waals surface area contributed by atoms with Crippen molar-refractivity contribution in [2.45, 2.75) is 6.92 Å². The fraction of sp³-hybridized carbons (Fsp3) is 0.200. The molecule has 0 unspecified atom stereocenters. The molecule has 1 aromatic rings. The highest BCUT2D eigenvalue weighted by Gasteiger charge is 2.07. The van der Waals surface area contributed by atoms with Gasteiger partial charge in [0, 0.05) is 5.38 Å². The Kier molecular flexibility index (Phi) is 1.48. The van der Waals surface area contributed by atoms with E-state index in [4.69, 9.17) is 5.11 Å². The lowest BCUT2D eigenvalue weighted by molar-refractivity contribution is 0.0691. The average Bonchev–Trinajstić information content (AvgIpc) is 2.13. The van der Waals surface area contributed by atoms with Crippen LogP contribution >= 0.6 is 11.5 Å². The Bertz CT molecular complexity index is 231. The lowest BCUT2D eigenvalue weighted by atomic mass is 10.3. The number of aromatic carboxylic acids is 1. The summed E-state index contributed by atoms with van der Waals surface area (Å²) in [7, 11) is 0. The second-order valence-corrected chi connectivity index (χ2v) is 2.28. The molecule has 0 aliphatic heterocycles. The second kappa shape index (κ2) is 2.14. The summed E-state index contributed by atoms with van der Waals surface area (Å²) in [6.07, 6.45) is 0. The molecule has 0 saturated heterocycles. The van der Waals surface area contributed by atoms with Gasteiger partial charge in [-0.15, -0.1) is 0 Å². The van der Waals surface area contributed by atoms with E-state index in [2.05, 4.69) is 4.37 Å². The van der Waals surface area contributed by atoms with Gasteiger partial charge in [0.15, 0.2) is 5.69 Å². The summed E-state index contributed by atoms with van der Waals surface area (Å²) >= 11 is 1.16. The summed E-state index contributed by atoms with van der Waals surface area (Å²) in [4.78, 5) is 10.2. The smallest absolute Gasteiger partial charge is 0.355 e. The molecule has 0 aromatic carbocycles. The molecule has 1 N–H and O–H groups in total. The number of aryl methyl sites for hydroxylation is 1. The Morgan fingerprint density at radius 3 is 2.78 bits per heavy atom. The third kappa shape index (κ3) is 1.08. The Balaban J connectivity index is 3.08. The van der Waals surface area contributed by atoms with E-state index in [1.807, 2.05) is 0 Å². The molecule has 1 rings (SSSR count). The molecule has 0 spiro atoms. The zero-order valence-electron chi connectivity index (χ0n) is 4.79. The number of nitrogens with zero attached hydrogens (tertiary/aromatic N) is 1. The van der Waals surface area contributed by atoms with Crippen molar-refractivity contribution in [3.05, 3.63) is 16.6 Å². The number of aromatic nitrogens is 1. The van der Waals surface area contributed by atoms with Gasteiger partial charge in [-0.25, -0.2) is 4.79 Å². The van der Waals surface area contributed by atoms with Gasteiger partial charge in [0.1, 0.15) is 0 Å². The van der Waals surface area contributed by atoms with Crippen LogP contribution < -0.4 is 0 Å². The first kappa shape index (κ1) is 6.22. The summed E-state index contributed by atoms with van der Waals surface area (Å²) < 4.78 is 3.66. The van der Waals surface area contributed by atoms with Crippen molar-refractivity contribution in [1.82, 2.24) is 4.37 Å². The standard InChI is InChI=1S/C5H5NO2S/c1-3-2-9-6-4(3)5(7)8/h2H,1H3,(H,7,8). The molecule has 1 heterocycles. The van der Waals surface area contributed by atoms with Crippen LogP contribution in [0.15, 0.2) is 5.38 Å². The van der Waals surface area contributed by atoms with Crippen molar-refractivity contribution >= 4 is 17.5 Å². The molecular weight excluding hydrogens is 138 g/mol. The molecule has 0 bridgehead atoms. The molecule has 0 aliphatic rings. The van der Waals surface area contributed by atoms with E-state index in [0.717, 1.165) is 17.1 Å². The van der Waals surface area contributed by atoms with Crippen molar-refractivity contribution in [2.24, 2.45) is 0 Å². The van der Waals surface area contributed by atoms with Gasteiger partial charge in [-0.1, -0.05) is 0 Å². The lowest BCUT2D eigenvalue weighted by Gasteiger charge is -1.84. The highest BCUT2D eigenvalue weighted by molar-refractivity contribution is 7.03. The number of rotatable bonds is 1. The Labute approximate surface area is 56.1 Å². The van der Waals surface area contributed by atoms with E-state index < -0.39 is 5.97 Å². The highest BCUT2D eigenvalue weighted by atomic mass is 32.1. The number of hydrogen-bond acceptors (Lipinski definition) is 3. The van der Waals surface area contributed by atoms with Gasteiger partial charge in [0.05, 0.1) is 0 Å². The van der Waals surface area contributed by atoms with Crippen LogP contribution in [0.2, 0.25) is 0 Å². The maximum atomic E-state index is 10.2. The van der Waals surface area contributed by atoms with E-state index in [1.54, 1.807) is 12.3 Å². The molecular formula is C5H5NO2S. The normalized spacial score (nSPS) is 9.44. The quantitative estimate of drug-likeness (QED) is 0.641. The van der Waals surface area contributed by atoms with Crippen molar-refractivity contribution in [3.63, 3.8) is 0 Å². The van der Waals surface area contributed by atoms with E-state index >= 15 is 0 Å².